The van der Waals surface area contributed by atoms with Gasteiger partial charge in [0, 0.05) is 6.26 Å². The maximum atomic E-state index is 11.3. The summed E-state index contributed by atoms with van der Waals surface area (Å²) in [7, 11) is -0.0557. The molecule has 1 atom stereocenters. The Bertz CT molecular complexity index is 525. The lowest BCUT2D eigenvalue weighted by molar-refractivity contribution is 0.354. The highest BCUT2D eigenvalue weighted by molar-refractivity contribution is 7.90. The smallest absolute Gasteiger partial charge is 0.161 e. The minimum absolute atomic E-state index is 0.106. The Kier molecular flexibility index (Phi) is 4.87. The van der Waals surface area contributed by atoms with E-state index in [1.54, 1.807) is 19.2 Å². The minimum Gasteiger partial charge on any atom is -0.493 e. The van der Waals surface area contributed by atoms with Crippen molar-refractivity contribution in [2.24, 2.45) is 0 Å². The molecule has 0 aromatic heterocycles. The first-order valence-corrected chi connectivity index (χ1v) is 7.82. The zero-order chi connectivity index (χ0) is 13.9. The fourth-order valence-electron chi connectivity index (χ4n) is 1.69. The van der Waals surface area contributed by atoms with Gasteiger partial charge in [-0.1, -0.05) is 0 Å². The monoisotopic (exact) mass is 292 g/mol. The van der Waals surface area contributed by atoms with Crippen molar-refractivity contribution in [3.8, 4) is 11.5 Å². The molecule has 1 aromatic rings. The largest absolute Gasteiger partial charge is 0.493 e. The van der Waals surface area contributed by atoms with Gasteiger partial charge in [-0.3, -0.25) is 0 Å². The van der Waals surface area contributed by atoms with Gasteiger partial charge in [0.15, 0.2) is 11.5 Å². The quantitative estimate of drug-likeness (QED) is 0.782. The van der Waals surface area contributed by atoms with E-state index in [9.17, 15) is 8.42 Å². The molecule has 1 aromatic carbocycles. The van der Waals surface area contributed by atoms with Crippen LogP contribution in [-0.2, 0) is 9.84 Å². The van der Waals surface area contributed by atoms with Crippen LogP contribution in [0.3, 0.4) is 0 Å². The predicted molar refractivity (Wildman–Crippen MR) is 72.6 cm³/mol. The van der Waals surface area contributed by atoms with Crippen LogP contribution < -0.4 is 9.47 Å². The van der Waals surface area contributed by atoms with Crippen molar-refractivity contribution in [2.45, 2.75) is 12.3 Å². The summed E-state index contributed by atoms with van der Waals surface area (Å²) in [6, 6.07) is 3.50. The average molecular weight is 293 g/mol. The first kappa shape index (κ1) is 15.1. The summed E-state index contributed by atoms with van der Waals surface area (Å²) in [4.78, 5) is 0. The van der Waals surface area contributed by atoms with Crippen LogP contribution in [0.2, 0.25) is 0 Å². The van der Waals surface area contributed by atoms with Gasteiger partial charge in [0.1, 0.15) is 9.84 Å². The van der Waals surface area contributed by atoms with Crippen LogP contribution in [0, 0.1) is 6.92 Å². The summed E-state index contributed by atoms with van der Waals surface area (Å²) >= 11 is 6.15. The molecule has 0 spiro atoms. The third-order valence-electron chi connectivity index (χ3n) is 2.56. The van der Waals surface area contributed by atoms with E-state index in [2.05, 4.69) is 0 Å². The predicted octanol–water partition coefficient (Wildman–Crippen LogP) is 2.34. The third kappa shape index (κ3) is 3.78. The number of rotatable bonds is 5. The summed E-state index contributed by atoms with van der Waals surface area (Å²) in [5.74, 6) is 1.03. The van der Waals surface area contributed by atoms with Crippen molar-refractivity contribution in [1.82, 2.24) is 0 Å². The number of hydrogen-bond acceptors (Lipinski definition) is 4. The highest BCUT2D eigenvalue weighted by Gasteiger charge is 2.19. The zero-order valence-electron chi connectivity index (χ0n) is 10.9. The van der Waals surface area contributed by atoms with Crippen LogP contribution in [0.25, 0.3) is 0 Å². The van der Waals surface area contributed by atoms with Gasteiger partial charge in [-0.2, -0.15) is 0 Å². The van der Waals surface area contributed by atoms with Gasteiger partial charge in [0.25, 0.3) is 0 Å². The molecule has 0 aliphatic heterocycles. The SMILES string of the molecule is COc1cc(C)c(C(Cl)CS(C)(=O)=O)cc1OC. The molecule has 1 rings (SSSR count). The maximum absolute atomic E-state index is 11.3. The lowest BCUT2D eigenvalue weighted by atomic mass is 10.1. The molecular formula is C12H17ClO4S. The lowest BCUT2D eigenvalue weighted by Crippen LogP contribution is -2.10. The Morgan fingerprint density at radius 1 is 1.22 bits per heavy atom. The van der Waals surface area contributed by atoms with E-state index < -0.39 is 15.2 Å². The molecule has 0 saturated heterocycles. The molecule has 6 heteroatoms. The van der Waals surface area contributed by atoms with Crippen molar-refractivity contribution in [1.29, 1.82) is 0 Å². The molecule has 1 unspecified atom stereocenters. The van der Waals surface area contributed by atoms with Crippen LogP contribution in [0.4, 0.5) is 0 Å². The topological polar surface area (TPSA) is 52.6 Å². The Balaban J connectivity index is 3.17. The van der Waals surface area contributed by atoms with Crippen LogP contribution in [-0.4, -0.2) is 34.6 Å². The number of sulfone groups is 1. The van der Waals surface area contributed by atoms with Crippen LogP contribution >= 0.6 is 11.6 Å². The Hall–Kier alpha value is -0.940. The van der Waals surface area contributed by atoms with Crippen molar-refractivity contribution in [3.63, 3.8) is 0 Å². The van der Waals surface area contributed by atoms with Crippen molar-refractivity contribution >= 4 is 21.4 Å². The average Bonchev–Trinajstić information content (AvgIpc) is 2.26. The number of halogens is 1. The highest BCUT2D eigenvalue weighted by Crippen LogP contribution is 2.35. The standard InChI is InChI=1S/C12H17ClO4S/c1-8-5-11(16-2)12(17-3)6-9(8)10(13)7-18(4,14)15/h5-6,10H,7H2,1-4H3. The number of hydrogen-bond donors (Lipinski definition) is 0. The fourth-order valence-corrected chi connectivity index (χ4v) is 3.32. The van der Waals surface area contributed by atoms with Crippen molar-refractivity contribution in [3.05, 3.63) is 23.3 Å². The molecule has 0 amide bonds. The van der Waals surface area contributed by atoms with E-state index in [0.29, 0.717) is 11.5 Å². The molecule has 0 saturated carbocycles. The number of aryl methyl sites for hydroxylation is 1. The second-order valence-corrected chi connectivity index (χ2v) is 6.84. The van der Waals surface area contributed by atoms with Gasteiger partial charge in [0.2, 0.25) is 0 Å². The minimum atomic E-state index is -3.13. The molecule has 4 nitrogen and oxygen atoms in total. The Labute approximate surface area is 113 Å². The van der Waals surface area contributed by atoms with E-state index >= 15 is 0 Å². The maximum Gasteiger partial charge on any atom is 0.161 e. The van der Waals surface area contributed by atoms with Gasteiger partial charge in [-0.25, -0.2) is 8.42 Å². The van der Waals surface area contributed by atoms with Crippen molar-refractivity contribution < 1.29 is 17.9 Å². The molecule has 0 N–H and O–H groups in total. The molecule has 0 bridgehead atoms. The van der Waals surface area contributed by atoms with E-state index in [0.717, 1.165) is 11.1 Å². The second kappa shape index (κ2) is 5.80. The molecule has 18 heavy (non-hydrogen) atoms. The molecule has 0 radical (unpaired) electrons. The van der Waals surface area contributed by atoms with Gasteiger partial charge >= 0.3 is 0 Å². The second-order valence-electron chi connectivity index (χ2n) is 4.12. The Morgan fingerprint density at radius 3 is 2.17 bits per heavy atom. The molecule has 0 fully saturated rings. The summed E-state index contributed by atoms with van der Waals surface area (Å²) in [6.07, 6.45) is 1.17. The van der Waals surface area contributed by atoms with E-state index in [-0.39, 0.29) is 5.75 Å². The molecular weight excluding hydrogens is 276 g/mol. The Morgan fingerprint density at radius 2 is 1.72 bits per heavy atom. The molecule has 0 aliphatic carbocycles. The summed E-state index contributed by atoms with van der Waals surface area (Å²) in [5, 5.41) is -0.597. The normalized spacial score (nSPS) is 13.2. The summed E-state index contributed by atoms with van der Waals surface area (Å²) in [6.45, 7) is 1.86. The van der Waals surface area contributed by atoms with Crippen LogP contribution in [0.1, 0.15) is 16.5 Å². The van der Waals surface area contributed by atoms with Gasteiger partial charge < -0.3 is 9.47 Å². The first-order chi connectivity index (χ1) is 8.28. The van der Waals surface area contributed by atoms with Crippen molar-refractivity contribution in [2.75, 3.05) is 26.2 Å². The number of alkyl halides is 1. The summed E-state index contributed by atoms with van der Waals surface area (Å²) < 4.78 is 32.9. The first-order valence-electron chi connectivity index (χ1n) is 5.32. The molecule has 102 valence electrons. The van der Waals surface area contributed by atoms with E-state index in [1.165, 1.54) is 13.4 Å². The lowest BCUT2D eigenvalue weighted by Gasteiger charge is -2.16. The number of benzene rings is 1. The van der Waals surface area contributed by atoms with E-state index in [1.807, 2.05) is 6.92 Å². The van der Waals surface area contributed by atoms with Gasteiger partial charge in [0.05, 0.1) is 25.3 Å². The third-order valence-corrected chi connectivity index (χ3v) is 4.07. The number of ether oxygens (including phenoxy) is 2. The van der Waals surface area contributed by atoms with E-state index in [4.69, 9.17) is 21.1 Å². The van der Waals surface area contributed by atoms with Gasteiger partial charge in [-0.15, -0.1) is 11.6 Å². The molecule has 0 aliphatic rings. The zero-order valence-corrected chi connectivity index (χ0v) is 12.4. The highest BCUT2D eigenvalue weighted by atomic mass is 35.5. The summed E-state index contributed by atoms with van der Waals surface area (Å²) in [5.41, 5.74) is 1.61. The van der Waals surface area contributed by atoms with Crippen LogP contribution in [0.15, 0.2) is 12.1 Å². The van der Waals surface area contributed by atoms with Gasteiger partial charge in [-0.05, 0) is 30.2 Å². The van der Waals surface area contributed by atoms with Crippen LogP contribution in [0.5, 0.6) is 11.5 Å². The fraction of sp³-hybridized carbons (Fsp3) is 0.500. The molecule has 0 heterocycles. The number of methoxy groups -OCH3 is 2.